The van der Waals surface area contributed by atoms with E-state index in [-0.39, 0.29) is 23.8 Å². The molecule has 0 saturated heterocycles. The second-order valence-corrected chi connectivity index (χ2v) is 10.3. The largest absolute Gasteiger partial charge is 0.457 e. The summed E-state index contributed by atoms with van der Waals surface area (Å²) in [5.41, 5.74) is 0.496. The van der Waals surface area contributed by atoms with Crippen molar-refractivity contribution in [2.75, 3.05) is 6.61 Å². The molecule has 27 heavy (non-hydrogen) atoms. The summed E-state index contributed by atoms with van der Waals surface area (Å²) < 4.78 is 5.49. The highest BCUT2D eigenvalue weighted by Gasteiger charge is 2.60. The van der Waals surface area contributed by atoms with Gasteiger partial charge in [-0.25, -0.2) is 0 Å². The Balaban J connectivity index is 1.40. The molecule has 5 rings (SSSR count). The van der Waals surface area contributed by atoms with Gasteiger partial charge in [0.25, 0.3) is 0 Å². The molecule has 4 atom stereocenters. The van der Waals surface area contributed by atoms with Crippen LogP contribution in [0.15, 0.2) is 24.3 Å². The summed E-state index contributed by atoms with van der Waals surface area (Å²) in [5, 5.41) is 10.8. The number of hydrogen-bond acceptors (Lipinski definition) is 4. The molecular formula is C23H30O4. The fraction of sp³-hybridized carbons (Fsp3) is 0.652. The van der Waals surface area contributed by atoms with Crippen molar-refractivity contribution in [3.63, 3.8) is 0 Å². The van der Waals surface area contributed by atoms with Crippen LogP contribution in [0.1, 0.15) is 75.2 Å². The molecule has 2 unspecified atom stereocenters. The Morgan fingerprint density at radius 2 is 1.67 bits per heavy atom. The maximum atomic E-state index is 12.9. The standard InChI is InChI=1S/C23H30O4/c1-21(2,3)18-6-4-17(5-7-18)19(24)13-27-20(25)22-9-15-8-16(10-22)12-23(26,11-15)14-22/h4-7,15-16,26H,8-14H2,1-3H3/t15-,16+,22?,23?. The summed E-state index contributed by atoms with van der Waals surface area (Å²) in [5.74, 6) is 0.385. The number of rotatable bonds is 4. The monoisotopic (exact) mass is 370 g/mol. The minimum atomic E-state index is -0.699. The van der Waals surface area contributed by atoms with E-state index >= 15 is 0 Å². The first-order valence-electron chi connectivity index (χ1n) is 10.1. The molecule has 146 valence electrons. The lowest BCUT2D eigenvalue weighted by Gasteiger charge is -2.58. The van der Waals surface area contributed by atoms with Crippen LogP contribution >= 0.6 is 0 Å². The molecule has 4 heteroatoms. The van der Waals surface area contributed by atoms with Gasteiger partial charge in [0, 0.05) is 5.56 Å². The summed E-state index contributed by atoms with van der Waals surface area (Å²) in [6, 6.07) is 7.54. The van der Waals surface area contributed by atoms with E-state index in [1.807, 2.05) is 24.3 Å². The lowest BCUT2D eigenvalue weighted by Crippen LogP contribution is -2.58. The molecule has 1 aromatic rings. The van der Waals surface area contributed by atoms with E-state index in [1.54, 1.807) is 0 Å². The zero-order chi connectivity index (χ0) is 19.4. The van der Waals surface area contributed by atoms with Crippen LogP contribution in [0.2, 0.25) is 0 Å². The molecule has 4 fully saturated rings. The summed E-state index contributed by atoms with van der Waals surface area (Å²) in [7, 11) is 0. The SMILES string of the molecule is CC(C)(C)c1ccc(C(=O)COC(=O)C23C[C@@H]4C[C@@H](CC(O)(C4)C2)C3)cc1. The smallest absolute Gasteiger partial charge is 0.312 e. The first-order valence-corrected chi connectivity index (χ1v) is 10.1. The third-order valence-corrected chi connectivity index (χ3v) is 6.87. The van der Waals surface area contributed by atoms with E-state index in [9.17, 15) is 14.7 Å². The van der Waals surface area contributed by atoms with Crippen LogP contribution in [0, 0.1) is 17.3 Å². The van der Waals surface area contributed by atoms with Gasteiger partial charge in [0.2, 0.25) is 0 Å². The average Bonchev–Trinajstić information content (AvgIpc) is 2.56. The highest BCUT2D eigenvalue weighted by Crippen LogP contribution is 2.61. The van der Waals surface area contributed by atoms with E-state index in [4.69, 9.17) is 4.74 Å². The first-order chi connectivity index (χ1) is 12.6. The Morgan fingerprint density at radius 1 is 1.07 bits per heavy atom. The van der Waals surface area contributed by atoms with Crippen LogP contribution in [-0.2, 0) is 14.9 Å². The van der Waals surface area contributed by atoms with Crippen LogP contribution in [0.25, 0.3) is 0 Å². The number of hydrogen-bond donors (Lipinski definition) is 1. The minimum absolute atomic E-state index is 0.0345. The Hall–Kier alpha value is -1.68. The summed E-state index contributed by atoms with van der Waals surface area (Å²) >= 11 is 0. The number of carbonyl (C=O) groups is 2. The number of aliphatic hydroxyl groups is 1. The first kappa shape index (κ1) is 18.7. The fourth-order valence-corrected chi connectivity index (χ4v) is 5.98. The van der Waals surface area contributed by atoms with Gasteiger partial charge in [-0.1, -0.05) is 45.0 Å². The highest BCUT2D eigenvalue weighted by molar-refractivity contribution is 5.98. The molecule has 1 aromatic carbocycles. The normalized spacial score (nSPS) is 34.5. The quantitative estimate of drug-likeness (QED) is 0.642. The molecule has 4 saturated carbocycles. The van der Waals surface area contributed by atoms with Crippen LogP contribution in [-0.4, -0.2) is 29.1 Å². The Bertz CT molecular complexity index is 742. The van der Waals surface area contributed by atoms with Gasteiger partial charge < -0.3 is 9.84 Å². The average molecular weight is 370 g/mol. The van der Waals surface area contributed by atoms with Crippen molar-refractivity contribution >= 4 is 11.8 Å². The van der Waals surface area contributed by atoms with E-state index in [0.717, 1.165) is 37.7 Å². The van der Waals surface area contributed by atoms with E-state index in [1.165, 1.54) is 0 Å². The van der Waals surface area contributed by atoms with Crippen molar-refractivity contribution < 1.29 is 19.4 Å². The maximum Gasteiger partial charge on any atom is 0.312 e. The molecule has 4 bridgehead atoms. The Kier molecular flexibility index (Phi) is 4.26. The minimum Gasteiger partial charge on any atom is -0.457 e. The van der Waals surface area contributed by atoms with E-state index in [0.29, 0.717) is 23.8 Å². The van der Waals surface area contributed by atoms with Crippen molar-refractivity contribution in [2.45, 2.75) is 70.3 Å². The molecule has 0 spiro atoms. The Morgan fingerprint density at radius 3 is 2.19 bits per heavy atom. The van der Waals surface area contributed by atoms with Crippen LogP contribution in [0.4, 0.5) is 0 Å². The van der Waals surface area contributed by atoms with Crippen LogP contribution in [0.3, 0.4) is 0 Å². The number of ketones is 1. The topological polar surface area (TPSA) is 63.6 Å². The lowest BCUT2D eigenvalue weighted by atomic mass is 9.48. The number of ether oxygens (including phenoxy) is 1. The second kappa shape index (κ2) is 6.16. The summed E-state index contributed by atoms with van der Waals surface area (Å²) in [4.78, 5) is 25.3. The maximum absolute atomic E-state index is 12.9. The van der Waals surface area contributed by atoms with Crippen molar-refractivity contribution in [1.82, 2.24) is 0 Å². The molecule has 4 aliphatic carbocycles. The van der Waals surface area contributed by atoms with Crippen LogP contribution < -0.4 is 0 Å². The van der Waals surface area contributed by atoms with Crippen molar-refractivity contribution in [1.29, 1.82) is 0 Å². The predicted octanol–water partition coefficient (Wildman–Crippen LogP) is 4.04. The van der Waals surface area contributed by atoms with Gasteiger partial charge in [0.15, 0.2) is 12.4 Å². The fourth-order valence-electron chi connectivity index (χ4n) is 5.98. The van der Waals surface area contributed by atoms with E-state index < -0.39 is 11.0 Å². The molecular weight excluding hydrogens is 340 g/mol. The second-order valence-electron chi connectivity index (χ2n) is 10.3. The number of esters is 1. The lowest BCUT2D eigenvalue weighted by molar-refractivity contribution is -0.195. The van der Waals surface area contributed by atoms with Gasteiger partial charge in [0.1, 0.15) is 0 Å². The summed E-state index contributed by atoms with van der Waals surface area (Å²) in [6.07, 6.45) is 4.87. The zero-order valence-corrected chi connectivity index (χ0v) is 16.6. The van der Waals surface area contributed by atoms with Gasteiger partial charge in [0.05, 0.1) is 11.0 Å². The summed E-state index contributed by atoms with van der Waals surface area (Å²) in [6.45, 7) is 6.17. The van der Waals surface area contributed by atoms with Crippen molar-refractivity contribution in [3.8, 4) is 0 Å². The Labute approximate surface area is 161 Å². The molecule has 0 aromatic heterocycles. The van der Waals surface area contributed by atoms with Crippen molar-refractivity contribution in [2.24, 2.45) is 17.3 Å². The number of benzene rings is 1. The number of Topliss-reactive ketones (excluding diaryl/α,β-unsaturated/α-hetero) is 1. The predicted molar refractivity (Wildman–Crippen MR) is 102 cm³/mol. The molecule has 0 heterocycles. The third kappa shape index (κ3) is 3.44. The molecule has 0 amide bonds. The highest BCUT2D eigenvalue weighted by atomic mass is 16.5. The van der Waals surface area contributed by atoms with Gasteiger partial charge in [-0.15, -0.1) is 0 Å². The number of carbonyl (C=O) groups excluding carboxylic acids is 2. The van der Waals surface area contributed by atoms with Gasteiger partial charge in [-0.2, -0.15) is 0 Å². The van der Waals surface area contributed by atoms with E-state index in [2.05, 4.69) is 20.8 Å². The third-order valence-electron chi connectivity index (χ3n) is 6.87. The van der Waals surface area contributed by atoms with Crippen molar-refractivity contribution in [3.05, 3.63) is 35.4 Å². The molecule has 1 N–H and O–H groups in total. The van der Waals surface area contributed by atoms with Gasteiger partial charge >= 0.3 is 5.97 Å². The van der Waals surface area contributed by atoms with Gasteiger partial charge in [-0.3, -0.25) is 9.59 Å². The molecule has 4 aliphatic rings. The molecule has 4 nitrogen and oxygen atoms in total. The van der Waals surface area contributed by atoms with Gasteiger partial charge in [-0.05, 0) is 61.3 Å². The zero-order valence-electron chi connectivity index (χ0n) is 16.6. The molecule has 0 radical (unpaired) electrons. The van der Waals surface area contributed by atoms with Crippen LogP contribution in [0.5, 0.6) is 0 Å². The molecule has 0 aliphatic heterocycles.